The molecule has 2 heteroatoms. The Kier molecular flexibility index (Phi) is 3.02. The SMILES string of the molecule is Cc1cc(F)cc(C2(O)CCCCC2C)c1. The molecule has 2 unspecified atom stereocenters. The van der Waals surface area contributed by atoms with E-state index in [2.05, 4.69) is 6.92 Å². The molecule has 0 amide bonds. The Morgan fingerprint density at radius 1 is 1.31 bits per heavy atom. The van der Waals surface area contributed by atoms with E-state index in [0.717, 1.165) is 36.8 Å². The minimum atomic E-state index is -0.828. The van der Waals surface area contributed by atoms with Gasteiger partial charge in [-0.25, -0.2) is 4.39 Å². The van der Waals surface area contributed by atoms with Crippen LogP contribution in [0.3, 0.4) is 0 Å². The van der Waals surface area contributed by atoms with E-state index in [0.29, 0.717) is 0 Å². The molecular weight excluding hydrogens is 203 g/mol. The lowest BCUT2D eigenvalue weighted by atomic mass is 9.72. The van der Waals surface area contributed by atoms with Gasteiger partial charge in [-0.05, 0) is 48.9 Å². The standard InChI is InChI=1S/C14H19FO/c1-10-7-12(9-13(15)8-10)14(16)6-4-3-5-11(14)2/h7-9,11,16H,3-6H2,1-2H3. The monoisotopic (exact) mass is 222 g/mol. The van der Waals surface area contributed by atoms with Crippen molar-refractivity contribution in [3.8, 4) is 0 Å². The van der Waals surface area contributed by atoms with Crippen molar-refractivity contribution >= 4 is 0 Å². The highest BCUT2D eigenvalue weighted by atomic mass is 19.1. The molecule has 1 saturated carbocycles. The predicted octanol–water partition coefficient (Wildman–Crippen LogP) is 3.53. The van der Waals surface area contributed by atoms with Gasteiger partial charge in [0.2, 0.25) is 0 Å². The molecule has 0 aliphatic heterocycles. The summed E-state index contributed by atoms with van der Waals surface area (Å²) >= 11 is 0. The molecule has 16 heavy (non-hydrogen) atoms. The Morgan fingerprint density at radius 3 is 2.69 bits per heavy atom. The maximum atomic E-state index is 13.4. The van der Waals surface area contributed by atoms with Gasteiger partial charge in [0.05, 0.1) is 5.60 Å². The van der Waals surface area contributed by atoms with Crippen molar-refractivity contribution in [1.82, 2.24) is 0 Å². The van der Waals surface area contributed by atoms with Crippen molar-refractivity contribution in [2.45, 2.75) is 45.1 Å². The number of rotatable bonds is 1. The molecule has 0 spiro atoms. The van der Waals surface area contributed by atoms with Crippen molar-refractivity contribution in [2.24, 2.45) is 5.92 Å². The summed E-state index contributed by atoms with van der Waals surface area (Å²) < 4.78 is 13.4. The highest BCUT2D eigenvalue weighted by Gasteiger charge is 2.37. The van der Waals surface area contributed by atoms with E-state index >= 15 is 0 Å². The van der Waals surface area contributed by atoms with Gasteiger partial charge in [-0.2, -0.15) is 0 Å². The zero-order chi connectivity index (χ0) is 11.8. The molecular formula is C14H19FO. The van der Waals surface area contributed by atoms with E-state index in [1.807, 2.05) is 13.0 Å². The van der Waals surface area contributed by atoms with Crippen LogP contribution in [0.15, 0.2) is 18.2 Å². The highest BCUT2D eigenvalue weighted by molar-refractivity contribution is 5.29. The van der Waals surface area contributed by atoms with Crippen molar-refractivity contribution in [3.63, 3.8) is 0 Å². The number of hydrogen-bond acceptors (Lipinski definition) is 1. The van der Waals surface area contributed by atoms with Gasteiger partial charge < -0.3 is 5.11 Å². The summed E-state index contributed by atoms with van der Waals surface area (Å²) in [4.78, 5) is 0. The molecule has 1 aromatic rings. The van der Waals surface area contributed by atoms with E-state index < -0.39 is 5.60 Å². The number of aryl methyl sites for hydroxylation is 1. The fraction of sp³-hybridized carbons (Fsp3) is 0.571. The summed E-state index contributed by atoms with van der Waals surface area (Å²) in [5.41, 5.74) is 0.795. The van der Waals surface area contributed by atoms with Crippen LogP contribution in [0.4, 0.5) is 4.39 Å². The quantitative estimate of drug-likeness (QED) is 0.770. The minimum absolute atomic E-state index is 0.211. The lowest BCUT2D eigenvalue weighted by Gasteiger charge is -2.38. The Bertz CT molecular complexity index is 368. The Labute approximate surface area is 96.3 Å². The third-order valence-corrected chi connectivity index (χ3v) is 3.80. The third-order valence-electron chi connectivity index (χ3n) is 3.80. The van der Waals surface area contributed by atoms with Crippen molar-refractivity contribution in [2.75, 3.05) is 0 Å². The van der Waals surface area contributed by atoms with Gasteiger partial charge in [0.25, 0.3) is 0 Å². The predicted molar refractivity (Wildman–Crippen MR) is 62.7 cm³/mol. The summed E-state index contributed by atoms with van der Waals surface area (Å²) in [5, 5.41) is 10.7. The van der Waals surface area contributed by atoms with Gasteiger partial charge in [-0.15, -0.1) is 0 Å². The molecule has 0 aromatic heterocycles. The van der Waals surface area contributed by atoms with Gasteiger partial charge in [-0.1, -0.05) is 25.8 Å². The molecule has 88 valence electrons. The Hall–Kier alpha value is -0.890. The smallest absolute Gasteiger partial charge is 0.123 e. The lowest BCUT2D eigenvalue weighted by Crippen LogP contribution is -2.36. The Morgan fingerprint density at radius 2 is 2.06 bits per heavy atom. The van der Waals surface area contributed by atoms with Gasteiger partial charge in [0.1, 0.15) is 5.82 Å². The van der Waals surface area contributed by atoms with Gasteiger partial charge in [-0.3, -0.25) is 0 Å². The molecule has 0 saturated heterocycles. The zero-order valence-electron chi connectivity index (χ0n) is 9.96. The van der Waals surface area contributed by atoms with Crippen LogP contribution < -0.4 is 0 Å². The highest BCUT2D eigenvalue weighted by Crippen LogP contribution is 2.41. The van der Waals surface area contributed by atoms with Gasteiger partial charge in [0.15, 0.2) is 0 Å². The second kappa shape index (κ2) is 4.17. The second-order valence-electron chi connectivity index (χ2n) is 5.09. The number of hydrogen-bond donors (Lipinski definition) is 1. The van der Waals surface area contributed by atoms with Gasteiger partial charge >= 0.3 is 0 Å². The maximum Gasteiger partial charge on any atom is 0.123 e. The first kappa shape index (κ1) is 11.6. The van der Waals surface area contributed by atoms with Gasteiger partial charge in [0, 0.05) is 0 Å². The summed E-state index contributed by atoms with van der Waals surface area (Å²) in [6, 6.07) is 4.89. The number of aliphatic hydroxyl groups is 1. The molecule has 1 aromatic carbocycles. The average Bonchev–Trinajstić information content (AvgIpc) is 2.21. The van der Waals surface area contributed by atoms with E-state index in [4.69, 9.17) is 0 Å². The van der Waals surface area contributed by atoms with E-state index in [1.165, 1.54) is 12.1 Å². The largest absolute Gasteiger partial charge is 0.385 e. The van der Waals surface area contributed by atoms with E-state index in [9.17, 15) is 9.50 Å². The van der Waals surface area contributed by atoms with Crippen molar-refractivity contribution < 1.29 is 9.50 Å². The van der Waals surface area contributed by atoms with Crippen LogP contribution in [0, 0.1) is 18.7 Å². The number of halogens is 1. The first-order chi connectivity index (χ1) is 7.52. The molecule has 1 fully saturated rings. The topological polar surface area (TPSA) is 20.2 Å². The molecule has 1 aliphatic rings. The van der Waals surface area contributed by atoms with Crippen LogP contribution in [0.1, 0.15) is 43.7 Å². The normalized spacial score (nSPS) is 30.4. The summed E-state index contributed by atoms with van der Waals surface area (Å²) in [6.45, 7) is 3.92. The first-order valence-electron chi connectivity index (χ1n) is 6.02. The molecule has 1 aliphatic carbocycles. The molecule has 0 heterocycles. The van der Waals surface area contributed by atoms with Crippen molar-refractivity contribution in [3.05, 3.63) is 35.1 Å². The summed E-state index contributed by atoms with van der Waals surface area (Å²) in [5.74, 6) is -0.0383. The molecule has 2 rings (SSSR count). The van der Waals surface area contributed by atoms with Crippen molar-refractivity contribution in [1.29, 1.82) is 0 Å². The lowest BCUT2D eigenvalue weighted by molar-refractivity contribution is -0.0472. The van der Waals surface area contributed by atoms with Crippen LogP contribution in [0.5, 0.6) is 0 Å². The second-order valence-corrected chi connectivity index (χ2v) is 5.09. The molecule has 1 nitrogen and oxygen atoms in total. The zero-order valence-corrected chi connectivity index (χ0v) is 9.96. The summed E-state index contributed by atoms with van der Waals surface area (Å²) in [7, 11) is 0. The maximum absolute atomic E-state index is 13.4. The fourth-order valence-corrected chi connectivity index (χ4v) is 2.75. The summed E-state index contributed by atoms with van der Waals surface area (Å²) in [6.07, 6.45) is 3.96. The van der Waals surface area contributed by atoms with Crippen LogP contribution in [0.2, 0.25) is 0 Å². The molecule has 0 radical (unpaired) electrons. The van der Waals surface area contributed by atoms with E-state index in [1.54, 1.807) is 0 Å². The average molecular weight is 222 g/mol. The van der Waals surface area contributed by atoms with E-state index in [-0.39, 0.29) is 11.7 Å². The minimum Gasteiger partial charge on any atom is -0.385 e. The third kappa shape index (κ3) is 1.99. The molecule has 0 bridgehead atoms. The van der Waals surface area contributed by atoms with Crippen LogP contribution >= 0.6 is 0 Å². The molecule has 2 atom stereocenters. The van der Waals surface area contributed by atoms with Crippen LogP contribution in [-0.2, 0) is 5.60 Å². The molecule has 1 N–H and O–H groups in total. The number of benzene rings is 1. The van der Waals surface area contributed by atoms with Crippen LogP contribution in [-0.4, -0.2) is 5.11 Å². The van der Waals surface area contributed by atoms with Crippen LogP contribution in [0.25, 0.3) is 0 Å². The fourth-order valence-electron chi connectivity index (χ4n) is 2.75. The Balaban J connectivity index is 2.40. The first-order valence-corrected chi connectivity index (χ1v) is 6.02.